The minimum absolute atomic E-state index is 0.189. The van der Waals surface area contributed by atoms with Crippen molar-refractivity contribution in [3.05, 3.63) is 0 Å². The van der Waals surface area contributed by atoms with Crippen LogP contribution < -0.4 is 0 Å². The minimum atomic E-state index is -1.20. The third-order valence-electron chi connectivity index (χ3n) is 3.17. The average Bonchev–Trinajstić information content (AvgIpc) is 2.74. The van der Waals surface area contributed by atoms with Gasteiger partial charge in [0.05, 0.1) is 0 Å². The Morgan fingerprint density at radius 3 is 2.31 bits per heavy atom. The average molecular weight is 225 g/mol. The first kappa shape index (κ1) is 11.1. The highest BCUT2D eigenvalue weighted by molar-refractivity contribution is 6.15. The largest absolute Gasteiger partial charge is 0.433 e. The number of hydrogen-bond acceptors (Lipinski definition) is 4. The van der Waals surface area contributed by atoms with Gasteiger partial charge in [-0.05, 0) is 26.7 Å². The number of carbonyl (C=O) groups excluding carboxylic acids is 3. The summed E-state index contributed by atoms with van der Waals surface area (Å²) in [5.74, 6) is -1.13. The van der Waals surface area contributed by atoms with E-state index >= 15 is 0 Å². The van der Waals surface area contributed by atoms with Crippen molar-refractivity contribution in [1.29, 1.82) is 0 Å². The summed E-state index contributed by atoms with van der Waals surface area (Å²) in [5, 5.41) is 0. The fourth-order valence-electron chi connectivity index (χ4n) is 2.21. The first-order chi connectivity index (χ1) is 7.43. The lowest BCUT2D eigenvalue weighted by molar-refractivity contribution is -0.144. The van der Waals surface area contributed by atoms with Crippen LogP contribution in [0.4, 0.5) is 4.79 Å². The molecule has 1 saturated heterocycles. The van der Waals surface area contributed by atoms with E-state index in [-0.39, 0.29) is 5.92 Å². The zero-order valence-electron chi connectivity index (χ0n) is 9.49. The van der Waals surface area contributed by atoms with Crippen LogP contribution in [-0.4, -0.2) is 28.4 Å². The Kier molecular flexibility index (Phi) is 2.48. The van der Waals surface area contributed by atoms with Crippen molar-refractivity contribution >= 4 is 17.9 Å². The van der Waals surface area contributed by atoms with E-state index in [4.69, 9.17) is 4.74 Å². The van der Waals surface area contributed by atoms with Gasteiger partial charge in [0, 0.05) is 5.92 Å². The Labute approximate surface area is 93.7 Å². The quantitative estimate of drug-likeness (QED) is 0.634. The van der Waals surface area contributed by atoms with E-state index in [0.29, 0.717) is 4.90 Å². The Morgan fingerprint density at radius 2 is 1.88 bits per heavy atom. The van der Waals surface area contributed by atoms with E-state index in [0.717, 1.165) is 25.7 Å². The number of carbonyl (C=O) groups is 3. The van der Waals surface area contributed by atoms with Gasteiger partial charge < -0.3 is 4.74 Å². The molecule has 1 aliphatic heterocycles. The molecule has 16 heavy (non-hydrogen) atoms. The maximum absolute atomic E-state index is 12.0. The molecule has 1 saturated carbocycles. The van der Waals surface area contributed by atoms with Crippen molar-refractivity contribution in [3.63, 3.8) is 0 Å². The second kappa shape index (κ2) is 3.57. The minimum Gasteiger partial charge on any atom is -0.433 e. The lowest BCUT2D eigenvalue weighted by Gasteiger charge is -2.15. The maximum Gasteiger partial charge on any atom is 0.424 e. The van der Waals surface area contributed by atoms with E-state index in [1.165, 1.54) is 13.8 Å². The molecule has 2 rings (SSSR count). The van der Waals surface area contributed by atoms with Crippen molar-refractivity contribution in [3.8, 4) is 0 Å². The first-order valence-corrected chi connectivity index (χ1v) is 5.55. The molecule has 0 radical (unpaired) electrons. The van der Waals surface area contributed by atoms with Gasteiger partial charge in [-0.25, -0.2) is 4.79 Å². The number of cyclic esters (lactones) is 1. The predicted octanol–water partition coefficient (Wildman–Crippen LogP) is 1.46. The SMILES string of the molecule is CC1(C)OC(=O)N(C(=O)C2CCCC2)C1=O. The summed E-state index contributed by atoms with van der Waals surface area (Å²) in [6, 6.07) is 0. The topological polar surface area (TPSA) is 63.7 Å². The van der Waals surface area contributed by atoms with Gasteiger partial charge in [0.2, 0.25) is 5.91 Å². The molecule has 2 fully saturated rings. The van der Waals surface area contributed by atoms with Crippen LogP contribution >= 0.6 is 0 Å². The molecule has 0 aromatic carbocycles. The highest BCUT2D eigenvalue weighted by Crippen LogP contribution is 2.31. The van der Waals surface area contributed by atoms with E-state index in [1.54, 1.807) is 0 Å². The molecule has 5 nitrogen and oxygen atoms in total. The fraction of sp³-hybridized carbons (Fsp3) is 0.727. The van der Waals surface area contributed by atoms with Gasteiger partial charge in [0.25, 0.3) is 5.91 Å². The Hall–Kier alpha value is -1.39. The number of nitrogens with zero attached hydrogens (tertiary/aromatic N) is 1. The highest BCUT2D eigenvalue weighted by atomic mass is 16.6. The summed E-state index contributed by atoms with van der Waals surface area (Å²) < 4.78 is 4.87. The van der Waals surface area contributed by atoms with Crippen LogP contribution in [0.25, 0.3) is 0 Å². The third-order valence-corrected chi connectivity index (χ3v) is 3.17. The van der Waals surface area contributed by atoms with E-state index in [9.17, 15) is 14.4 Å². The van der Waals surface area contributed by atoms with Crippen molar-refractivity contribution in [2.75, 3.05) is 0 Å². The Morgan fingerprint density at radius 1 is 1.31 bits per heavy atom. The van der Waals surface area contributed by atoms with Gasteiger partial charge in [-0.2, -0.15) is 4.90 Å². The molecule has 2 aliphatic rings. The van der Waals surface area contributed by atoms with Crippen LogP contribution in [-0.2, 0) is 14.3 Å². The highest BCUT2D eigenvalue weighted by Gasteiger charge is 2.51. The number of hydrogen-bond donors (Lipinski definition) is 0. The monoisotopic (exact) mass is 225 g/mol. The Balaban J connectivity index is 2.18. The van der Waals surface area contributed by atoms with Crippen molar-refractivity contribution < 1.29 is 19.1 Å². The normalized spacial score (nSPS) is 25.0. The summed E-state index contributed by atoms with van der Waals surface area (Å²) in [6.45, 7) is 2.99. The maximum atomic E-state index is 12.0. The molecule has 0 unspecified atom stereocenters. The van der Waals surface area contributed by atoms with Crippen molar-refractivity contribution in [2.45, 2.75) is 45.1 Å². The van der Waals surface area contributed by atoms with Crippen LogP contribution in [0.2, 0.25) is 0 Å². The molecule has 88 valence electrons. The van der Waals surface area contributed by atoms with E-state index in [1.807, 2.05) is 0 Å². The van der Waals surface area contributed by atoms with Gasteiger partial charge in [-0.15, -0.1) is 0 Å². The van der Waals surface area contributed by atoms with Crippen LogP contribution in [0.1, 0.15) is 39.5 Å². The van der Waals surface area contributed by atoms with Crippen LogP contribution in [0.15, 0.2) is 0 Å². The smallest absolute Gasteiger partial charge is 0.424 e. The molecule has 0 aromatic rings. The lowest BCUT2D eigenvalue weighted by atomic mass is 10.1. The second-order valence-corrected chi connectivity index (χ2v) is 4.84. The van der Waals surface area contributed by atoms with Gasteiger partial charge in [-0.3, -0.25) is 9.59 Å². The number of rotatable bonds is 1. The molecule has 0 bridgehead atoms. The van der Waals surface area contributed by atoms with Crippen LogP contribution in [0.3, 0.4) is 0 Å². The van der Waals surface area contributed by atoms with Crippen LogP contribution in [0.5, 0.6) is 0 Å². The molecule has 0 atom stereocenters. The zero-order valence-corrected chi connectivity index (χ0v) is 9.49. The first-order valence-electron chi connectivity index (χ1n) is 5.55. The number of amides is 3. The summed E-state index contributed by atoms with van der Waals surface area (Å²) in [6.07, 6.45) is 2.66. The summed E-state index contributed by atoms with van der Waals surface area (Å²) in [7, 11) is 0. The molecule has 0 aromatic heterocycles. The van der Waals surface area contributed by atoms with Crippen molar-refractivity contribution in [1.82, 2.24) is 4.90 Å². The molecular formula is C11H15NO4. The molecule has 3 amide bonds. The van der Waals surface area contributed by atoms with Gasteiger partial charge in [0.1, 0.15) is 0 Å². The van der Waals surface area contributed by atoms with E-state index < -0.39 is 23.5 Å². The van der Waals surface area contributed by atoms with Crippen LogP contribution in [0, 0.1) is 5.92 Å². The molecule has 1 heterocycles. The number of imide groups is 3. The second-order valence-electron chi connectivity index (χ2n) is 4.84. The fourth-order valence-corrected chi connectivity index (χ4v) is 2.21. The molecule has 1 aliphatic carbocycles. The van der Waals surface area contributed by atoms with Gasteiger partial charge in [-0.1, -0.05) is 12.8 Å². The lowest BCUT2D eigenvalue weighted by Crippen LogP contribution is -2.42. The molecular weight excluding hydrogens is 210 g/mol. The standard InChI is InChI=1S/C11H15NO4/c1-11(2)9(14)12(10(15)16-11)8(13)7-5-3-4-6-7/h7H,3-6H2,1-2H3. The van der Waals surface area contributed by atoms with E-state index in [2.05, 4.69) is 0 Å². The summed E-state index contributed by atoms with van der Waals surface area (Å²) in [4.78, 5) is 35.9. The zero-order chi connectivity index (χ0) is 11.9. The summed E-state index contributed by atoms with van der Waals surface area (Å²) >= 11 is 0. The molecule has 5 heteroatoms. The number of ether oxygens (including phenoxy) is 1. The molecule has 0 spiro atoms. The van der Waals surface area contributed by atoms with Gasteiger partial charge >= 0.3 is 6.09 Å². The predicted molar refractivity (Wildman–Crippen MR) is 54.4 cm³/mol. The molecule has 0 N–H and O–H groups in total. The third kappa shape index (κ3) is 1.60. The van der Waals surface area contributed by atoms with Crippen molar-refractivity contribution in [2.24, 2.45) is 5.92 Å². The van der Waals surface area contributed by atoms with Gasteiger partial charge in [0.15, 0.2) is 5.60 Å². The Bertz CT molecular complexity index is 355. The summed E-state index contributed by atoms with van der Waals surface area (Å²) in [5.41, 5.74) is -1.20.